The van der Waals surface area contributed by atoms with E-state index in [0.717, 1.165) is 11.3 Å². The molecule has 2 unspecified atom stereocenters. The molecule has 2 atom stereocenters. The van der Waals surface area contributed by atoms with E-state index in [2.05, 4.69) is 20.3 Å². The highest BCUT2D eigenvalue weighted by atomic mass is 32.2. The number of oxime groups is 1. The topological polar surface area (TPSA) is 147 Å². The van der Waals surface area contributed by atoms with Crippen LogP contribution < -0.4 is 11.1 Å². The average Bonchev–Trinajstić information content (AvgIpc) is 3.02. The Morgan fingerprint density at radius 1 is 1.56 bits per heavy atom. The van der Waals surface area contributed by atoms with Crippen LogP contribution in [0.15, 0.2) is 23.1 Å². The molecule has 1 aromatic heterocycles. The number of nitrogens with zero attached hydrogens (tertiary/aromatic N) is 3. The van der Waals surface area contributed by atoms with Crippen LogP contribution in [0.2, 0.25) is 0 Å². The molecule has 4 N–H and O–H groups in total. The fourth-order valence-corrected chi connectivity index (χ4v) is 4.29. The predicted octanol–water partition coefficient (Wildman–Crippen LogP) is -0.556. The van der Waals surface area contributed by atoms with Gasteiger partial charge in [0, 0.05) is 11.9 Å². The summed E-state index contributed by atoms with van der Waals surface area (Å²) in [6, 6.07) is -0.840. The quantitative estimate of drug-likeness (QED) is 0.348. The highest BCUT2D eigenvalue weighted by molar-refractivity contribution is 8.00. The summed E-state index contributed by atoms with van der Waals surface area (Å²) in [6.07, 6.45) is 2.85. The average molecular weight is 383 g/mol. The number of thiazole rings is 1. The highest BCUT2D eigenvalue weighted by Gasteiger charge is 2.53. The van der Waals surface area contributed by atoms with E-state index in [4.69, 9.17) is 10.8 Å². The minimum atomic E-state index is -1.18. The van der Waals surface area contributed by atoms with Crippen molar-refractivity contribution < 1.29 is 24.3 Å². The summed E-state index contributed by atoms with van der Waals surface area (Å²) < 4.78 is 0. The monoisotopic (exact) mass is 383 g/mol. The van der Waals surface area contributed by atoms with Gasteiger partial charge >= 0.3 is 5.97 Å². The number of aliphatic carboxylic acids is 1. The van der Waals surface area contributed by atoms with Gasteiger partial charge in [-0.15, -0.1) is 11.8 Å². The van der Waals surface area contributed by atoms with Crippen molar-refractivity contribution in [3.8, 4) is 0 Å². The maximum atomic E-state index is 12.5. The van der Waals surface area contributed by atoms with Gasteiger partial charge in [-0.1, -0.05) is 16.5 Å². The van der Waals surface area contributed by atoms with E-state index in [1.54, 1.807) is 0 Å². The van der Waals surface area contributed by atoms with Crippen LogP contribution in [-0.4, -0.2) is 62.8 Å². The SMILES string of the molecule is CO/N=C(\C(=O)NC1C(=O)N2C(C(=O)O)=CCSC12)c1cnc(N)s1. The van der Waals surface area contributed by atoms with E-state index in [-0.39, 0.29) is 16.5 Å². The molecule has 12 heteroatoms. The third kappa shape index (κ3) is 3.05. The number of nitrogens with two attached hydrogens (primary N) is 1. The van der Waals surface area contributed by atoms with E-state index in [0.29, 0.717) is 10.6 Å². The molecule has 132 valence electrons. The maximum absolute atomic E-state index is 12.5. The number of hydrogen-bond acceptors (Lipinski definition) is 9. The van der Waals surface area contributed by atoms with Gasteiger partial charge in [-0.3, -0.25) is 14.5 Å². The van der Waals surface area contributed by atoms with Crippen molar-refractivity contribution in [3.05, 3.63) is 22.8 Å². The molecule has 25 heavy (non-hydrogen) atoms. The van der Waals surface area contributed by atoms with Gasteiger partial charge in [0.2, 0.25) is 0 Å². The number of carbonyl (C=O) groups is 3. The second-order valence-electron chi connectivity index (χ2n) is 4.96. The molecule has 0 spiro atoms. The number of carboxylic acids is 1. The smallest absolute Gasteiger partial charge is 0.352 e. The molecule has 2 aliphatic rings. The summed E-state index contributed by atoms with van der Waals surface area (Å²) in [7, 11) is 1.29. The molecule has 1 saturated heterocycles. The first-order valence-electron chi connectivity index (χ1n) is 6.96. The van der Waals surface area contributed by atoms with Crippen molar-refractivity contribution in [1.29, 1.82) is 0 Å². The van der Waals surface area contributed by atoms with Gasteiger partial charge in [-0.25, -0.2) is 9.78 Å². The summed E-state index contributed by atoms with van der Waals surface area (Å²) >= 11 is 2.42. The zero-order chi connectivity index (χ0) is 18.1. The number of nitrogen functional groups attached to an aromatic ring is 1. The number of β-lactam (4-membered cyclic amide) rings is 1. The maximum Gasteiger partial charge on any atom is 0.352 e. The van der Waals surface area contributed by atoms with Crippen LogP contribution in [-0.2, 0) is 19.2 Å². The molecular formula is C13H13N5O5S2. The van der Waals surface area contributed by atoms with Crippen molar-refractivity contribution in [3.63, 3.8) is 0 Å². The molecule has 0 aliphatic carbocycles. The molecule has 0 saturated carbocycles. The first kappa shape index (κ1) is 17.2. The number of anilines is 1. The molecule has 0 aromatic carbocycles. The van der Waals surface area contributed by atoms with Crippen molar-refractivity contribution in [1.82, 2.24) is 15.2 Å². The number of amides is 2. The van der Waals surface area contributed by atoms with Crippen LogP contribution in [0, 0.1) is 0 Å². The van der Waals surface area contributed by atoms with E-state index >= 15 is 0 Å². The number of nitrogens with one attached hydrogen (secondary N) is 1. The van der Waals surface area contributed by atoms with Crippen molar-refractivity contribution >= 4 is 51.7 Å². The fraction of sp³-hybridized carbons (Fsp3) is 0.308. The zero-order valence-corrected chi connectivity index (χ0v) is 14.5. The molecule has 2 aliphatic heterocycles. The van der Waals surface area contributed by atoms with Gasteiger partial charge in [-0.2, -0.15) is 0 Å². The largest absolute Gasteiger partial charge is 0.477 e. The second kappa shape index (κ2) is 6.72. The Kier molecular flexibility index (Phi) is 4.63. The Morgan fingerprint density at radius 2 is 2.32 bits per heavy atom. The Hall–Kier alpha value is -2.60. The summed E-state index contributed by atoms with van der Waals surface area (Å²) in [5.41, 5.74) is 5.43. The third-order valence-corrected chi connectivity index (χ3v) is 5.52. The third-order valence-electron chi connectivity index (χ3n) is 3.51. The Morgan fingerprint density at radius 3 is 2.92 bits per heavy atom. The van der Waals surface area contributed by atoms with E-state index in [1.807, 2.05) is 0 Å². The molecule has 2 amide bonds. The minimum Gasteiger partial charge on any atom is -0.477 e. The summed E-state index contributed by atoms with van der Waals surface area (Å²) in [6.45, 7) is 0. The van der Waals surface area contributed by atoms with Crippen LogP contribution in [0.1, 0.15) is 4.88 Å². The first-order chi connectivity index (χ1) is 11.9. The highest BCUT2D eigenvalue weighted by Crippen LogP contribution is 2.37. The van der Waals surface area contributed by atoms with Crippen LogP contribution >= 0.6 is 23.1 Å². The van der Waals surface area contributed by atoms with Crippen LogP contribution in [0.4, 0.5) is 5.13 Å². The van der Waals surface area contributed by atoms with Crippen LogP contribution in [0.25, 0.3) is 0 Å². The second-order valence-corrected chi connectivity index (χ2v) is 7.17. The molecule has 1 aromatic rings. The summed E-state index contributed by atoms with van der Waals surface area (Å²) in [4.78, 5) is 46.0. The van der Waals surface area contributed by atoms with Gasteiger partial charge in [0.05, 0.1) is 4.88 Å². The van der Waals surface area contributed by atoms with E-state index in [9.17, 15) is 14.4 Å². The number of rotatable bonds is 5. The number of aromatic nitrogens is 1. The molecule has 0 bridgehead atoms. The standard InChI is InChI=1S/C13H13N5O5S2/c1-23-17-7(6-4-15-13(14)25-6)9(19)16-8-10(20)18-5(12(21)22)2-3-24-11(8)18/h2,4,8,11H,3H2,1H3,(H2,14,15)(H,16,19)(H,21,22)/b17-7-. The number of hydrogen-bond donors (Lipinski definition) is 3. The lowest BCUT2D eigenvalue weighted by molar-refractivity contribution is -0.150. The fourth-order valence-electron chi connectivity index (χ4n) is 2.43. The number of thioether (sulfide) groups is 1. The normalized spacial score (nSPS) is 22.6. The van der Waals surface area contributed by atoms with Crippen molar-refractivity contribution in [2.24, 2.45) is 5.16 Å². The van der Waals surface area contributed by atoms with Gasteiger partial charge < -0.3 is 21.0 Å². The summed E-state index contributed by atoms with van der Waals surface area (Å²) in [5, 5.41) is 15.2. The van der Waals surface area contributed by atoms with Crippen molar-refractivity contribution in [2.75, 3.05) is 18.6 Å². The van der Waals surface area contributed by atoms with Gasteiger partial charge in [0.25, 0.3) is 11.8 Å². The van der Waals surface area contributed by atoms with Crippen LogP contribution in [0.5, 0.6) is 0 Å². The van der Waals surface area contributed by atoms with Crippen molar-refractivity contribution in [2.45, 2.75) is 11.4 Å². The van der Waals surface area contributed by atoms with Gasteiger partial charge in [0.15, 0.2) is 10.8 Å². The Bertz CT molecular complexity index is 804. The first-order valence-corrected chi connectivity index (χ1v) is 8.82. The van der Waals surface area contributed by atoms with Gasteiger partial charge in [-0.05, 0) is 6.08 Å². The molecule has 1 fully saturated rings. The molecule has 3 rings (SSSR count). The van der Waals surface area contributed by atoms with E-state index < -0.39 is 29.2 Å². The minimum absolute atomic E-state index is 0.0576. The molecular weight excluding hydrogens is 370 g/mol. The number of fused-ring (bicyclic) bond motifs is 1. The van der Waals surface area contributed by atoms with Crippen LogP contribution in [0.3, 0.4) is 0 Å². The lowest BCUT2D eigenvalue weighted by Gasteiger charge is -2.48. The summed E-state index contributed by atoms with van der Waals surface area (Å²) in [5.74, 6) is -1.85. The lowest BCUT2D eigenvalue weighted by atomic mass is 10.0. The predicted molar refractivity (Wildman–Crippen MR) is 90.8 cm³/mol. The molecule has 0 radical (unpaired) electrons. The Balaban J connectivity index is 1.75. The molecule has 3 heterocycles. The Labute approximate surface area is 149 Å². The zero-order valence-electron chi connectivity index (χ0n) is 12.8. The van der Waals surface area contributed by atoms with Gasteiger partial charge in [0.1, 0.15) is 24.2 Å². The number of carbonyl (C=O) groups excluding carboxylic acids is 2. The number of carboxylic acid groups (broad SMARTS) is 1. The van der Waals surface area contributed by atoms with E-state index in [1.165, 1.54) is 36.0 Å². The lowest BCUT2D eigenvalue weighted by Crippen LogP contribution is -2.70. The molecule has 10 nitrogen and oxygen atoms in total.